The lowest BCUT2D eigenvalue weighted by Crippen LogP contribution is -1.97. The SMILES string of the molecule is COc1cc2c(cc1OC)-c1n[nH]c(Nc3ccc(Br)cn3)c1C2. The summed E-state index contributed by atoms with van der Waals surface area (Å²) in [6.45, 7) is 0. The van der Waals surface area contributed by atoms with Crippen molar-refractivity contribution in [3.8, 4) is 22.8 Å². The van der Waals surface area contributed by atoms with Gasteiger partial charge in [-0.3, -0.25) is 5.10 Å². The van der Waals surface area contributed by atoms with Crippen molar-refractivity contribution in [3.63, 3.8) is 0 Å². The van der Waals surface area contributed by atoms with Gasteiger partial charge in [0.05, 0.1) is 19.9 Å². The summed E-state index contributed by atoms with van der Waals surface area (Å²) in [5, 5.41) is 10.8. The second kappa shape index (κ2) is 5.83. The Hall–Kier alpha value is -2.54. The Kier molecular flexibility index (Phi) is 3.65. The van der Waals surface area contributed by atoms with E-state index in [4.69, 9.17) is 9.47 Å². The molecule has 122 valence electrons. The minimum absolute atomic E-state index is 0.705. The van der Waals surface area contributed by atoms with Crippen molar-refractivity contribution in [1.29, 1.82) is 0 Å². The Labute approximate surface area is 147 Å². The molecule has 0 radical (unpaired) electrons. The fourth-order valence-electron chi connectivity index (χ4n) is 2.92. The molecule has 2 heterocycles. The number of hydrogen-bond donors (Lipinski definition) is 2. The van der Waals surface area contributed by atoms with Crippen LogP contribution in [-0.2, 0) is 6.42 Å². The lowest BCUT2D eigenvalue weighted by Gasteiger charge is -2.10. The number of rotatable bonds is 4. The van der Waals surface area contributed by atoms with Crippen molar-refractivity contribution in [2.45, 2.75) is 6.42 Å². The smallest absolute Gasteiger partial charge is 0.161 e. The summed E-state index contributed by atoms with van der Waals surface area (Å²) < 4.78 is 11.7. The second-order valence-corrected chi connectivity index (χ2v) is 6.37. The molecule has 1 aliphatic rings. The Balaban J connectivity index is 1.70. The number of aromatic nitrogens is 3. The number of aromatic amines is 1. The minimum atomic E-state index is 0.705. The molecule has 2 aromatic heterocycles. The van der Waals surface area contributed by atoms with E-state index >= 15 is 0 Å². The van der Waals surface area contributed by atoms with E-state index in [1.807, 2.05) is 24.3 Å². The first kappa shape index (κ1) is 15.0. The molecule has 0 unspecified atom stereocenters. The molecule has 1 aliphatic carbocycles. The summed E-state index contributed by atoms with van der Waals surface area (Å²) in [5.41, 5.74) is 4.29. The maximum Gasteiger partial charge on any atom is 0.161 e. The summed E-state index contributed by atoms with van der Waals surface area (Å²) in [6.07, 6.45) is 2.53. The molecule has 0 aliphatic heterocycles. The quantitative estimate of drug-likeness (QED) is 0.556. The number of halogens is 1. The minimum Gasteiger partial charge on any atom is -0.493 e. The van der Waals surface area contributed by atoms with Crippen molar-refractivity contribution in [2.75, 3.05) is 19.5 Å². The Morgan fingerprint density at radius 3 is 2.67 bits per heavy atom. The summed E-state index contributed by atoms with van der Waals surface area (Å²) >= 11 is 3.39. The zero-order valence-electron chi connectivity index (χ0n) is 13.2. The summed E-state index contributed by atoms with van der Waals surface area (Å²) in [6, 6.07) is 7.84. The molecule has 0 spiro atoms. The number of nitrogens with zero attached hydrogens (tertiary/aromatic N) is 2. The highest BCUT2D eigenvalue weighted by Gasteiger charge is 2.27. The van der Waals surface area contributed by atoms with Crippen LogP contribution in [0, 0.1) is 0 Å². The van der Waals surface area contributed by atoms with Crippen LogP contribution >= 0.6 is 15.9 Å². The first-order chi connectivity index (χ1) is 11.7. The molecule has 4 rings (SSSR count). The maximum absolute atomic E-state index is 5.40. The van der Waals surface area contributed by atoms with Crippen molar-refractivity contribution in [3.05, 3.63) is 46.1 Å². The van der Waals surface area contributed by atoms with E-state index in [2.05, 4.69) is 36.4 Å². The average Bonchev–Trinajstić information content (AvgIpc) is 3.15. The van der Waals surface area contributed by atoms with Gasteiger partial charge in [0, 0.05) is 28.2 Å². The van der Waals surface area contributed by atoms with Gasteiger partial charge in [-0.25, -0.2) is 4.98 Å². The third-order valence-corrected chi connectivity index (χ3v) is 4.55. The Morgan fingerprint density at radius 1 is 1.17 bits per heavy atom. The number of ether oxygens (including phenoxy) is 2. The van der Waals surface area contributed by atoms with E-state index in [0.29, 0.717) is 5.75 Å². The van der Waals surface area contributed by atoms with E-state index in [9.17, 15) is 0 Å². The van der Waals surface area contributed by atoms with Gasteiger partial charge in [-0.2, -0.15) is 5.10 Å². The molecular weight excluding hydrogens is 372 g/mol. The van der Waals surface area contributed by atoms with Gasteiger partial charge >= 0.3 is 0 Å². The number of methoxy groups -OCH3 is 2. The lowest BCUT2D eigenvalue weighted by atomic mass is 10.1. The van der Waals surface area contributed by atoms with Gasteiger partial charge in [0.25, 0.3) is 0 Å². The van der Waals surface area contributed by atoms with Crippen LogP contribution < -0.4 is 14.8 Å². The van der Waals surface area contributed by atoms with Crippen molar-refractivity contribution in [2.24, 2.45) is 0 Å². The number of H-pyrrole nitrogens is 1. The van der Waals surface area contributed by atoms with Crippen LogP contribution in [0.15, 0.2) is 34.9 Å². The molecule has 0 saturated heterocycles. The summed E-state index contributed by atoms with van der Waals surface area (Å²) in [4.78, 5) is 4.34. The maximum atomic E-state index is 5.40. The number of anilines is 2. The molecule has 0 bridgehead atoms. The standard InChI is InChI=1S/C17H15BrN4O2/c1-23-13-6-9-5-12-16(11(9)7-14(13)24-2)21-22-17(12)20-15-4-3-10(18)8-19-15/h3-4,6-8H,5H2,1-2H3,(H2,19,20,21,22). The first-order valence-corrected chi connectivity index (χ1v) is 8.20. The number of fused-ring (bicyclic) bond motifs is 3. The van der Waals surface area contributed by atoms with Gasteiger partial charge in [0.1, 0.15) is 11.6 Å². The van der Waals surface area contributed by atoms with E-state index in [1.54, 1.807) is 20.4 Å². The molecular formula is C17H15BrN4O2. The van der Waals surface area contributed by atoms with Crippen molar-refractivity contribution >= 4 is 27.6 Å². The van der Waals surface area contributed by atoms with Gasteiger partial charge in [0.15, 0.2) is 11.5 Å². The van der Waals surface area contributed by atoms with Crippen LogP contribution in [0.4, 0.5) is 11.6 Å². The van der Waals surface area contributed by atoms with E-state index in [1.165, 1.54) is 5.56 Å². The van der Waals surface area contributed by atoms with E-state index in [0.717, 1.165) is 45.1 Å². The van der Waals surface area contributed by atoms with Crippen LogP contribution in [0.5, 0.6) is 11.5 Å². The molecule has 0 fully saturated rings. The van der Waals surface area contributed by atoms with Gasteiger partial charge < -0.3 is 14.8 Å². The molecule has 0 saturated carbocycles. The third kappa shape index (κ3) is 2.41. The predicted octanol–water partition coefficient (Wildman–Crippen LogP) is 3.90. The van der Waals surface area contributed by atoms with Crippen LogP contribution in [0.3, 0.4) is 0 Å². The zero-order valence-corrected chi connectivity index (χ0v) is 14.8. The van der Waals surface area contributed by atoms with Crippen LogP contribution in [0.1, 0.15) is 11.1 Å². The van der Waals surface area contributed by atoms with Crippen LogP contribution in [0.25, 0.3) is 11.3 Å². The van der Waals surface area contributed by atoms with Gasteiger partial charge in [-0.1, -0.05) is 0 Å². The highest BCUT2D eigenvalue weighted by molar-refractivity contribution is 9.10. The first-order valence-electron chi connectivity index (χ1n) is 7.40. The van der Waals surface area contributed by atoms with E-state index < -0.39 is 0 Å². The van der Waals surface area contributed by atoms with Gasteiger partial charge in [-0.05, 0) is 45.8 Å². The fourth-order valence-corrected chi connectivity index (χ4v) is 3.15. The molecule has 1 aromatic carbocycles. The number of hydrogen-bond acceptors (Lipinski definition) is 5. The Bertz CT molecular complexity index is 906. The molecule has 7 heteroatoms. The van der Waals surface area contributed by atoms with Gasteiger partial charge in [0.2, 0.25) is 0 Å². The topological polar surface area (TPSA) is 72.1 Å². The van der Waals surface area contributed by atoms with E-state index in [-0.39, 0.29) is 0 Å². The zero-order chi connectivity index (χ0) is 16.7. The number of pyridine rings is 1. The van der Waals surface area contributed by atoms with Crippen LogP contribution in [-0.4, -0.2) is 29.4 Å². The van der Waals surface area contributed by atoms with Crippen LogP contribution in [0.2, 0.25) is 0 Å². The normalized spacial score (nSPS) is 11.8. The molecule has 0 amide bonds. The fraction of sp³-hybridized carbons (Fsp3) is 0.176. The molecule has 3 aromatic rings. The van der Waals surface area contributed by atoms with Gasteiger partial charge in [-0.15, -0.1) is 0 Å². The molecule has 2 N–H and O–H groups in total. The largest absolute Gasteiger partial charge is 0.493 e. The summed E-state index contributed by atoms with van der Waals surface area (Å²) in [5.74, 6) is 3.05. The Morgan fingerprint density at radius 2 is 1.96 bits per heavy atom. The monoisotopic (exact) mass is 386 g/mol. The summed E-state index contributed by atoms with van der Waals surface area (Å²) in [7, 11) is 3.28. The lowest BCUT2D eigenvalue weighted by molar-refractivity contribution is 0.355. The second-order valence-electron chi connectivity index (χ2n) is 5.45. The highest BCUT2D eigenvalue weighted by Crippen LogP contribution is 2.44. The molecule has 6 nitrogen and oxygen atoms in total. The third-order valence-electron chi connectivity index (χ3n) is 4.08. The highest BCUT2D eigenvalue weighted by atomic mass is 79.9. The number of nitrogens with one attached hydrogen (secondary N) is 2. The number of benzene rings is 1. The molecule has 24 heavy (non-hydrogen) atoms. The van der Waals surface area contributed by atoms with Crippen molar-refractivity contribution in [1.82, 2.24) is 15.2 Å². The predicted molar refractivity (Wildman–Crippen MR) is 95.2 cm³/mol. The van der Waals surface area contributed by atoms with Crippen molar-refractivity contribution < 1.29 is 9.47 Å². The average molecular weight is 387 g/mol. The molecule has 0 atom stereocenters.